The standard InChI is InChI=1S/C23H31N5O4/c1-24-23(30)21-20(16-5-7-18(31-2)8-6-16)25-22(26-21)17-4-3-9-28(14-17)19(29)15-27-10-12-32-13-11-27/h5-8,17H,3-4,9-15H2,1-2H3,(H,24,30)(H,25,26)/t17-/m0/s1. The Bertz CT molecular complexity index is 936. The van der Waals surface area contributed by atoms with E-state index in [0.717, 1.165) is 49.6 Å². The van der Waals surface area contributed by atoms with E-state index in [9.17, 15) is 9.59 Å². The van der Waals surface area contributed by atoms with E-state index in [4.69, 9.17) is 14.5 Å². The van der Waals surface area contributed by atoms with Crippen LogP contribution in [0.3, 0.4) is 0 Å². The summed E-state index contributed by atoms with van der Waals surface area (Å²) in [6, 6.07) is 7.49. The summed E-state index contributed by atoms with van der Waals surface area (Å²) in [6.07, 6.45) is 1.83. The summed E-state index contributed by atoms with van der Waals surface area (Å²) in [5.41, 5.74) is 1.88. The Labute approximate surface area is 188 Å². The minimum Gasteiger partial charge on any atom is -0.497 e. The number of nitrogens with one attached hydrogen (secondary N) is 2. The number of aromatic amines is 1. The average Bonchev–Trinajstić information content (AvgIpc) is 3.30. The normalized spacial score (nSPS) is 19.6. The fraction of sp³-hybridized carbons (Fsp3) is 0.522. The smallest absolute Gasteiger partial charge is 0.269 e. The van der Waals surface area contributed by atoms with E-state index >= 15 is 0 Å². The van der Waals surface area contributed by atoms with Crippen molar-refractivity contribution in [3.05, 3.63) is 35.8 Å². The maximum Gasteiger partial charge on any atom is 0.269 e. The highest BCUT2D eigenvalue weighted by molar-refractivity contribution is 5.98. The van der Waals surface area contributed by atoms with E-state index in [1.807, 2.05) is 29.2 Å². The zero-order valence-electron chi connectivity index (χ0n) is 18.7. The first-order chi connectivity index (χ1) is 15.6. The molecule has 32 heavy (non-hydrogen) atoms. The first kappa shape index (κ1) is 22.3. The van der Waals surface area contributed by atoms with Crippen molar-refractivity contribution < 1.29 is 19.1 Å². The summed E-state index contributed by atoms with van der Waals surface area (Å²) in [5, 5.41) is 2.69. The molecule has 1 aromatic heterocycles. The largest absolute Gasteiger partial charge is 0.497 e. The monoisotopic (exact) mass is 441 g/mol. The number of carbonyl (C=O) groups excluding carboxylic acids is 2. The number of amides is 2. The Morgan fingerprint density at radius 1 is 1.22 bits per heavy atom. The summed E-state index contributed by atoms with van der Waals surface area (Å²) in [5.74, 6) is 1.48. The van der Waals surface area contributed by atoms with Crippen molar-refractivity contribution in [1.82, 2.24) is 25.1 Å². The predicted octanol–water partition coefficient (Wildman–Crippen LogP) is 1.48. The molecule has 172 valence electrons. The molecule has 2 aliphatic heterocycles. The number of piperidine rings is 1. The SMILES string of the molecule is CNC(=O)c1[nH]c([C@H]2CCCN(C(=O)CN3CCOCC3)C2)nc1-c1ccc(OC)cc1. The van der Waals surface area contributed by atoms with E-state index < -0.39 is 0 Å². The van der Waals surface area contributed by atoms with Crippen molar-refractivity contribution in [2.24, 2.45) is 0 Å². The predicted molar refractivity (Wildman–Crippen MR) is 120 cm³/mol. The van der Waals surface area contributed by atoms with Crippen molar-refractivity contribution in [3.63, 3.8) is 0 Å². The van der Waals surface area contributed by atoms with Gasteiger partial charge in [0.05, 0.1) is 26.9 Å². The Hall–Kier alpha value is -2.91. The minimum atomic E-state index is -0.217. The molecule has 0 saturated carbocycles. The Kier molecular flexibility index (Phi) is 7.06. The van der Waals surface area contributed by atoms with Crippen LogP contribution in [0, 0.1) is 0 Å². The Morgan fingerprint density at radius 3 is 2.66 bits per heavy atom. The van der Waals surface area contributed by atoms with Crippen LogP contribution in [-0.4, -0.2) is 91.7 Å². The van der Waals surface area contributed by atoms with Gasteiger partial charge in [-0.05, 0) is 37.1 Å². The van der Waals surface area contributed by atoms with E-state index in [-0.39, 0.29) is 17.7 Å². The second-order valence-electron chi connectivity index (χ2n) is 8.22. The lowest BCUT2D eigenvalue weighted by Gasteiger charge is -2.34. The number of benzene rings is 1. The number of H-pyrrole nitrogens is 1. The van der Waals surface area contributed by atoms with Gasteiger partial charge in [0.15, 0.2) is 0 Å². The van der Waals surface area contributed by atoms with Gasteiger partial charge in [-0.1, -0.05) is 0 Å². The van der Waals surface area contributed by atoms with Crippen molar-refractivity contribution in [1.29, 1.82) is 0 Å². The van der Waals surface area contributed by atoms with Crippen molar-refractivity contribution in [3.8, 4) is 17.0 Å². The van der Waals surface area contributed by atoms with Crippen molar-refractivity contribution in [2.45, 2.75) is 18.8 Å². The van der Waals surface area contributed by atoms with E-state index in [2.05, 4.69) is 15.2 Å². The molecule has 2 amide bonds. The van der Waals surface area contributed by atoms with Crippen LogP contribution in [0.2, 0.25) is 0 Å². The zero-order chi connectivity index (χ0) is 22.5. The van der Waals surface area contributed by atoms with Gasteiger partial charge in [0.1, 0.15) is 23.0 Å². The molecule has 0 spiro atoms. The lowest BCUT2D eigenvalue weighted by atomic mass is 9.97. The number of morpholine rings is 1. The molecule has 2 fully saturated rings. The number of hydrogen-bond donors (Lipinski definition) is 2. The van der Waals surface area contributed by atoms with Gasteiger partial charge in [0.25, 0.3) is 5.91 Å². The van der Waals surface area contributed by atoms with Crippen LogP contribution < -0.4 is 10.1 Å². The third kappa shape index (κ3) is 4.94. The van der Waals surface area contributed by atoms with Crippen molar-refractivity contribution >= 4 is 11.8 Å². The van der Waals surface area contributed by atoms with Crippen LogP contribution in [0.4, 0.5) is 0 Å². The molecule has 2 N–H and O–H groups in total. The molecule has 0 radical (unpaired) electrons. The number of likely N-dealkylation sites (tertiary alicyclic amines) is 1. The second-order valence-corrected chi connectivity index (χ2v) is 8.22. The number of rotatable bonds is 6. The third-order valence-corrected chi connectivity index (χ3v) is 6.16. The third-order valence-electron chi connectivity index (χ3n) is 6.16. The van der Waals surface area contributed by atoms with Gasteiger partial charge < -0.3 is 24.7 Å². The number of carbonyl (C=O) groups is 2. The molecule has 9 nitrogen and oxygen atoms in total. The molecule has 1 atom stereocenters. The van der Waals surface area contributed by atoms with Gasteiger partial charge >= 0.3 is 0 Å². The lowest BCUT2D eigenvalue weighted by Crippen LogP contribution is -2.47. The second kappa shape index (κ2) is 10.1. The van der Waals surface area contributed by atoms with Crippen LogP contribution >= 0.6 is 0 Å². The van der Waals surface area contributed by atoms with Crippen LogP contribution in [-0.2, 0) is 9.53 Å². The summed E-state index contributed by atoms with van der Waals surface area (Å²) in [4.78, 5) is 37.6. The van der Waals surface area contributed by atoms with Gasteiger partial charge in [-0.15, -0.1) is 0 Å². The summed E-state index contributed by atoms with van der Waals surface area (Å²) >= 11 is 0. The van der Waals surface area contributed by atoms with Gasteiger partial charge in [-0.3, -0.25) is 14.5 Å². The number of nitrogens with zero attached hydrogens (tertiary/aromatic N) is 3. The quantitative estimate of drug-likeness (QED) is 0.705. The van der Waals surface area contributed by atoms with Crippen LogP contribution in [0.1, 0.15) is 35.1 Å². The first-order valence-electron chi connectivity index (χ1n) is 11.1. The fourth-order valence-corrected chi connectivity index (χ4v) is 4.31. The molecular formula is C23H31N5O4. The summed E-state index contributed by atoms with van der Waals surface area (Å²) < 4.78 is 10.6. The van der Waals surface area contributed by atoms with E-state index in [0.29, 0.717) is 37.7 Å². The zero-order valence-corrected chi connectivity index (χ0v) is 18.7. The Balaban J connectivity index is 1.52. The minimum absolute atomic E-state index is 0.0628. The summed E-state index contributed by atoms with van der Waals surface area (Å²) in [7, 11) is 3.22. The van der Waals surface area contributed by atoms with Crippen LogP contribution in [0.15, 0.2) is 24.3 Å². The average molecular weight is 442 g/mol. The van der Waals surface area contributed by atoms with Gasteiger partial charge in [0, 0.05) is 44.7 Å². The molecule has 1 aromatic carbocycles. The number of aromatic nitrogens is 2. The van der Waals surface area contributed by atoms with Crippen molar-refractivity contribution in [2.75, 3.05) is 60.1 Å². The molecule has 9 heteroatoms. The molecule has 0 bridgehead atoms. The molecule has 0 unspecified atom stereocenters. The van der Waals surface area contributed by atoms with Gasteiger partial charge in [-0.2, -0.15) is 0 Å². The lowest BCUT2D eigenvalue weighted by molar-refractivity contribution is -0.134. The maximum absolute atomic E-state index is 12.9. The molecule has 2 saturated heterocycles. The fourth-order valence-electron chi connectivity index (χ4n) is 4.31. The molecule has 0 aliphatic carbocycles. The highest BCUT2D eigenvalue weighted by atomic mass is 16.5. The number of ether oxygens (including phenoxy) is 2. The van der Waals surface area contributed by atoms with Crippen LogP contribution in [0.25, 0.3) is 11.3 Å². The maximum atomic E-state index is 12.9. The number of hydrogen-bond acceptors (Lipinski definition) is 6. The number of methoxy groups -OCH3 is 1. The molecule has 2 aliphatic rings. The topological polar surface area (TPSA) is 99.8 Å². The van der Waals surface area contributed by atoms with E-state index in [1.165, 1.54) is 0 Å². The van der Waals surface area contributed by atoms with E-state index in [1.54, 1.807) is 14.2 Å². The Morgan fingerprint density at radius 2 is 1.97 bits per heavy atom. The van der Waals surface area contributed by atoms with Gasteiger partial charge in [-0.25, -0.2) is 4.98 Å². The molecule has 4 rings (SSSR count). The number of imidazole rings is 1. The molecule has 3 heterocycles. The highest BCUT2D eigenvalue weighted by Gasteiger charge is 2.29. The van der Waals surface area contributed by atoms with Gasteiger partial charge in [0.2, 0.25) is 5.91 Å². The summed E-state index contributed by atoms with van der Waals surface area (Å²) in [6.45, 7) is 4.73. The molecule has 2 aromatic rings. The first-order valence-corrected chi connectivity index (χ1v) is 11.1. The van der Waals surface area contributed by atoms with Crippen LogP contribution in [0.5, 0.6) is 5.75 Å². The highest BCUT2D eigenvalue weighted by Crippen LogP contribution is 2.30. The molecular weight excluding hydrogens is 410 g/mol.